The number of carbonyl (C=O) groups is 1. The average Bonchev–Trinajstić information content (AvgIpc) is 2.16. The maximum absolute atomic E-state index is 11.3. The molecule has 1 fully saturated rings. The predicted octanol–water partition coefficient (Wildman–Crippen LogP) is 1.96. The average molecular weight is 199 g/mol. The zero-order valence-corrected chi connectivity index (χ0v) is 8.90. The van der Waals surface area contributed by atoms with Crippen LogP contribution in [-0.4, -0.2) is 23.5 Å². The van der Waals surface area contributed by atoms with Crippen molar-refractivity contribution < 1.29 is 4.79 Å². The van der Waals surface area contributed by atoms with Gasteiger partial charge in [0.05, 0.1) is 0 Å². The Kier molecular flexibility index (Phi) is 4.98. The van der Waals surface area contributed by atoms with Crippen LogP contribution >= 0.6 is 11.8 Å². The van der Waals surface area contributed by atoms with Gasteiger partial charge in [-0.1, -0.05) is 13.0 Å². The van der Waals surface area contributed by atoms with Crippen molar-refractivity contribution in [3.05, 3.63) is 12.2 Å². The van der Waals surface area contributed by atoms with Crippen molar-refractivity contribution in [2.24, 2.45) is 0 Å². The molecule has 0 aliphatic carbocycles. The molecule has 1 aliphatic heterocycles. The molecule has 74 valence electrons. The van der Waals surface area contributed by atoms with E-state index in [1.807, 2.05) is 24.8 Å². The second-order valence-electron chi connectivity index (χ2n) is 3.23. The normalized spacial score (nSPS) is 23.3. The summed E-state index contributed by atoms with van der Waals surface area (Å²) in [6.45, 7) is 2.03. The summed E-state index contributed by atoms with van der Waals surface area (Å²) in [6, 6.07) is 0.396. The van der Waals surface area contributed by atoms with Crippen LogP contribution in [0, 0.1) is 0 Å². The first-order valence-corrected chi connectivity index (χ1v) is 6.03. The first kappa shape index (κ1) is 10.6. The number of hydrogen-bond acceptors (Lipinski definition) is 2. The summed E-state index contributed by atoms with van der Waals surface area (Å²) in [7, 11) is 0. The molecule has 1 N–H and O–H groups in total. The summed E-state index contributed by atoms with van der Waals surface area (Å²) < 4.78 is 0. The third-order valence-corrected chi connectivity index (χ3v) is 3.23. The molecule has 1 amide bonds. The highest BCUT2D eigenvalue weighted by Gasteiger charge is 2.14. The highest BCUT2D eigenvalue weighted by Crippen LogP contribution is 2.16. The minimum Gasteiger partial charge on any atom is -0.349 e. The Hall–Kier alpha value is -0.440. The summed E-state index contributed by atoms with van der Waals surface area (Å²) in [4.78, 5) is 11.3. The number of thioether (sulfide) groups is 1. The summed E-state index contributed by atoms with van der Waals surface area (Å²) in [5, 5.41) is 3.01. The van der Waals surface area contributed by atoms with E-state index in [9.17, 15) is 4.79 Å². The molecule has 0 aromatic rings. The van der Waals surface area contributed by atoms with E-state index < -0.39 is 0 Å². The molecular weight excluding hydrogens is 182 g/mol. The maximum Gasteiger partial charge on any atom is 0.243 e. The molecule has 1 aliphatic rings. The second-order valence-corrected chi connectivity index (χ2v) is 4.38. The lowest BCUT2D eigenvalue weighted by Crippen LogP contribution is -2.37. The Balaban J connectivity index is 2.22. The van der Waals surface area contributed by atoms with Gasteiger partial charge >= 0.3 is 0 Å². The fraction of sp³-hybridized carbons (Fsp3) is 0.700. The number of rotatable bonds is 3. The van der Waals surface area contributed by atoms with Gasteiger partial charge in [0.1, 0.15) is 0 Å². The molecular formula is C10H17NOS. The minimum atomic E-state index is 0.0642. The number of amides is 1. The van der Waals surface area contributed by atoms with Crippen LogP contribution in [0.25, 0.3) is 0 Å². The van der Waals surface area contributed by atoms with Gasteiger partial charge in [-0.25, -0.2) is 0 Å². The van der Waals surface area contributed by atoms with Gasteiger partial charge < -0.3 is 5.32 Å². The van der Waals surface area contributed by atoms with E-state index >= 15 is 0 Å². The fourth-order valence-electron chi connectivity index (χ4n) is 1.33. The van der Waals surface area contributed by atoms with Gasteiger partial charge in [-0.2, -0.15) is 11.8 Å². The van der Waals surface area contributed by atoms with Crippen LogP contribution in [0.5, 0.6) is 0 Å². The monoisotopic (exact) mass is 199 g/mol. The van der Waals surface area contributed by atoms with Crippen LogP contribution in [0.1, 0.15) is 26.2 Å². The third-order valence-electron chi connectivity index (χ3n) is 2.01. The van der Waals surface area contributed by atoms with Crippen LogP contribution in [0.3, 0.4) is 0 Å². The van der Waals surface area contributed by atoms with Crippen LogP contribution in [0.2, 0.25) is 0 Å². The van der Waals surface area contributed by atoms with Gasteiger partial charge in [0.2, 0.25) is 5.91 Å². The van der Waals surface area contributed by atoms with Crippen molar-refractivity contribution in [3.8, 4) is 0 Å². The number of hydrogen-bond donors (Lipinski definition) is 1. The Bertz CT molecular complexity index is 185. The maximum atomic E-state index is 11.3. The first-order valence-electron chi connectivity index (χ1n) is 4.87. The number of nitrogens with one attached hydrogen (secondary N) is 1. The van der Waals surface area contributed by atoms with Crippen molar-refractivity contribution >= 4 is 17.7 Å². The zero-order chi connectivity index (χ0) is 9.52. The molecule has 1 rings (SSSR count). The van der Waals surface area contributed by atoms with Crippen molar-refractivity contribution in [1.29, 1.82) is 0 Å². The zero-order valence-electron chi connectivity index (χ0n) is 8.08. The summed E-state index contributed by atoms with van der Waals surface area (Å²) >= 11 is 1.93. The van der Waals surface area contributed by atoms with E-state index in [1.54, 1.807) is 6.08 Å². The highest BCUT2D eigenvalue weighted by molar-refractivity contribution is 7.99. The Labute approximate surface area is 84.2 Å². The molecule has 1 saturated heterocycles. The van der Waals surface area contributed by atoms with E-state index in [1.165, 1.54) is 12.2 Å². The molecule has 0 bridgehead atoms. The molecule has 0 aromatic heterocycles. The van der Waals surface area contributed by atoms with Gasteiger partial charge in [-0.05, 0) is 31.1 Å². The SMILES string of the molecule is CC/C=C/C(=O)NC1CCCSC1. The smallest absolute Gasteiger partial charge is 0.243 e. The molecule has 0 radical (unpaired) electrons. The minimum absolute atomic E-state index is 0.0642. The van der Waals surface area contributed by atoms with E-state index in [2.05, 4.69) is 5.32 Å². The molecule has 1 heterocycles. The van der Waals surface area contributed by atoms with Crippen LogP contribution in [0.15, 0.2) is 12.2 Å². The Morgan fingerprint density at radius 2 is 2.54 bits per heavy atom. The van der Waals surface area contributed by atoms with Gasteiger partial charge in [-0.3, -0.25) is 4.79 Å². The topological polar surface area (TPSA) is 29.1 Å². The highest BCUT2D eigenvalue weighted by atomic mass is 32.2. The lowest BCUT2D eigenvalue weighted by atomic mass is 10.2. The second kappa shape index (κ2) is 6.08. The van der Waals surface area contributed by atoms with E-state index in [0.717, 1.165) is 18.6 Å². The van der Waals surface area contributed by atoms with Crippen molar-refractivity contribution in [2.45, 2.75) is 32.2 Å². The summed E-state index contributed by atoms with van der Waals surface area (Å²) in [5.41, 5.74) is 0. The third kappa shape index (κ3) is 4.36. The van der Waals surface area contributed by atoms with E-state index in [-0.39, 0.29) is 5.91 Å². The molecule has 0 aromatic carbocycles. The van der Waals surface area contributed by atoms with Gasteiger partial charge in [0.25, 0.3) is 0 Å². The van der Waals surface area contributed by atoms with E-state index in [4.69, 9.17) is 0 Å². The Morgan fingerprint density at radius 3 is 3.15 bits per heavy atom. The fourth-order valence-corrected chi connectivity index (χ4v) is 2.40. The molecule has 2 nitrogen and oxygen atoms in total. The van der Waals surface area contributed by atoms with Crippen LogP contribution in [-0.2, 0) is 4.79 Å². The number of carbonyl (C=O) groups excluding carboxylic acids is 1. The molecule has 0 saturated carbocycles. The lowest BCUT2D eigenvalue weighted by molar-refractivity contribution is -0.117. The largest absolute Gasteiger partial charge is 0.349 e. The summed E-state index contributed by atoms with van der Waals surface area (Å²) in [6.07, 6.45) is 6.82. The summed E-state index contributed by atoms with van der Waals surface area (Å²) in [5.74, 6) is 2.39. The molecule has 13 heavy (non-hydrogen) atoms. The predicted molar refractivity (Wildman–Crippen MR) is 57.9 cm³/mol. The van der Waals surface area contributed by atoms with E-state index in [0.29, 0.717) is 6.04 Å². The molecule has 3 heteroatoms. The molecule has 1 atom stereocenters. The number of allylic oxidation sites excluding steroid dienone is 1. The van der Waals surface area contributed by atoms with Crippen LogP contribution < -0.4 is 5.32 Å². The van der Waals surface area contributed by atoms with Gasteiger partial charge in [0.15, 0.2) is 0 Å². The van der Waals surface area contributed by atoms with Crippen molar-refractivity contribution in [2.75, 3.05) is 11.5 Å². The van der Waals surface area contributed by atoms with Crippen LogP contribution in [0.4, 0.5) is 0 Å². The lowest BCUT2D eigenvalue weighted by Gasteiger charge is -2.21. The molecule has 1 unspecified atom stereocenters. The first-order chi connectivity index (χ1) is 6.33. The standard InChI is InChI=1S/C10H17NOS/c1-2-3-6-10(12)11-9-5-4-7-13-8-9/h3,6,9H,2,4-5,7-8H2,1H3,(H,11,12)/b6-3+. The molecule has 0 spiro atoms. The van der Waals surface area contributed by atoms with Gasteiger partial charge in [0, 0.05) is 11.8 Å². The quantitative estimate of drug-likeness (QED) is 0.704. The van der Waals surface area contributed by atoms with Gasteiger partial charge in [-0.15, -0.1) is 0 Å². The Morgan fingerprint density at radius 1 is 1.69 bits per heavy atom. The van der Waals surface area contributed by atoms with Crippen molar-refractivity contribution in [3.63, 3.8) is 0 Å². The van der Waals surface area contributed by atoms with Crippen molar-refractivity contribution in [1.82, 2.24) is 5.32 Å².